The molecule has 1 aliphatic rings. The first-order chi connectivity index (χ1) is 6.86. The Bertz CT molecular complexity index is 408. The second-order valence-corrected chi connectivity index (χ2v) is 4.09. The van der Waals surface area contributed by atoms with Crippen LogP contribution < -0.4 is 0 Å². The van der Waals surface area contributed by atoms with E-state index in [1.807, 2.05) is 24.5 Å². The molecular formula is C11H10N2S. The highest BCUT2D eigenvalue weighted by molar-refractivity contribution is 8.04. The van der Waals surface area contributed by atoms with Gasteiger partial charge in [-0.2, -0.15) is 0 Å². The Morgan fingerprint density at radius 2 is 2.36 bits per heavy atom. The fourth-order valence-corrected chi connectivity index (χ4v) is 2.00. The summed E-state index contributed by atoms with van der Waals surface area (Å²) in [6, 6.07) is 2.03. The number of aromatic nitrogens is 1. The largest absolute Gasteiger partial charge is 0.264 e. The minimum atomic E-state index is 0.898. The second-order valence-electron chi connectivity index (χ2n) is 2.92. The summed E-state index contributed by atoms with van der Waals surface area (Å²) in [6.07, 6.45) is 10.2. The standard InChI is InChI=1S/C11H10N2S/c1-9-7-12-5-2-3-10-4-6-13-8-11(10)14-9/h2,4-8H,1,3H2/b5-2-,12-7-. The molecule has 0 unspecified atom stereocenters. The number of thioether (sulfide) groups is 1. The third-order valence-corrected chi connectivity index (χ3v) is 2.81. The van der Waals surface area contributed by atoms with Crippen molar-refractivity contribution in [3.63, 3.8) is 0 Å². The molecule has 1 aromatic heterocycles. The van der Waals surface area contributed by atoms with Gasteiger partial charge in [0.2, 0.25) is 0 Å². The molecule has 3 heteroatoms. The predicted molar refractivity (Wildman–Crippen MR) is 60.6 cm³/mol. The van der Waals surface area contributed by atoms with Gasteiger partial charge < -0.3 is 0 Å². The molecule has 1 aromatic rings. The van der Waals surface area contributed by atoms with Crippen LogP contribution in [0.2, 0.25) is 0 Å². The number of aliphatic imine (C=N–C) groups is 1. The van der Waals surface area contributed by atoms with E-state index in [0.29, 0.717) is 0 Å². The second kappa shape index (κ2) is 4.24. The molecule has 0 fully saturated rings. The maximum absolute atomic E-state index is 4.11. The first-order valence-corrected chi connectivity index (χ1v) is 5.16. The van der Waals surface area contributed by atoms with Crippen molar-refractivity contribution in [2.24, 2.45) is 4.99 Å². The van der Waals surface area contributed by atoms with Gasteiger partial charge >= 0.3 is 0 Å². The van der Waals surface area contributed by atoms with Crippen molar-refractivity contribution >= 4 is 18.0 Å². The zero-order valence-electron chi connectivity index (χ0n) is 7.68. The number of fused-ring (bicyclic) bond motifs is 1. The summed E-state index contributed by atoms with van der Waals surface area (Å²) in [5.41, 5.74) is 1.27. The number of nitrogens with zero attached hydrogens (tertiary/aromatic N) is 2. The van der Waals surface area contributed by atoms with E-state index in [2.05, 4.69) is 16.6 Å². The normalized spacial score (nSPS) is 20.1. The molecule has 0 bridgehead atoms. The van der Waals surface area contributed by atoms with Crippen molar-refractivity contribution in [1.29, 1.82) is 0 Å². The summed E-state index contributed by atoms with van der Waals surface area (Å²) in [5.74, 6) is 0. The van der Waals surface area contributed by atoms with E-state index in [1.54, 1.807) is 24.2 Å². The Hall–Kier alpha value is -1.35. The lowest BCUT2D eigenvalue weighted by atomic mass is 10.2. The molecule has 2 rings (SSSR count). The third-order valence-electron chi connectivity index (χ3n) is 1.86. The quantitative estimate of drug-likeness (QED) is 0.646. The van der Waals surface area contributed by atoms with Gasteiger partial charge in [-0.05, 0) is 18.1 Å². The van der Waals surface area contributed by atoms with Crippen LogP contribution in [-0.4, -0.2) is 11.2 Å². The van der Waals surface area contributed by atoms with Crippen molar-refractivity contribution in [3.05, 3.63) is 47.8 Å². The fraction of sp³-hybridized carbons (Fsp3) is 0.0909. The van der Waals surface area contributed by atoms with E-state index in [9.17, 15) is 0 Å². The van der Waals surface area contributed by atoms with Crippen molar-refractivity contribution in [1.82, 2.24) is 4.98 Å². The highest BCUT2D eigenvalue weighted by Crippen LogP contribution is 2.27. The number of pyridine rings is 1. The van der Waals surface area contributed by atoms with Gasteiger partial charge in [-0.25, -0.2) is 0 Å². The molecule has 2 heterocycles. The first kappa shape index (κ1) is 9.21. The van der Waals surface area contributed by atoms with Gasteiger partial charge in [0, 0.05) is 34.6 Å². The number of hydrogen-bond acceptors (Lipinski definition) is 3. The van der Waals surface area contributed by atoms with Crippen molar-refractivity contribution in [2.45, 2.75) is 11.3 Å². The lowest BCUT2D eigenvalue weighted by molar-refractivity contribution is 1.11. The van der Waals surface area contributed by atoms with E-state index in [1.165, 1.54) is 5.56 Å². The van der Waals surface area contributed by atoms with Crippen LogP contribution >= 0.6 is 11.8 Å². The molecule has 0 spiro atoms. The van der Waals surface area contributed by atoms with Gasteiger partial charge in [0.15, 0.2) is 0 Å². The van der Waals surface area contributed by atoms with Crippen LogP contribution in [0.1, 0.15) is 5.56 Å². The SMILES string of the molecule is C=C1/C=N\C=C/Cc2ccncc2S1. The molecule has 0 saturated heterocycles. The Labute approximate surface area is 87.5 Å². The van der Waals surface area contributed by atoms with E-state index >= 15 is 0 Å². The van der Waals surface area contributed by atoms with Crippen LogP contribution in [0.3, 0.4) is 0 Å². The van der Waals surface area contributed by atoms with Crippen molar-refractivity contribution < 1.29 is 0 Å². The highest BCUT2D eigenvalue weighted by Gasteiger charge is 2.03. The lowest BCUT2D eigenvalue weighted by Crippen LogP contribution is -1.87. The van der Waals surface area contributed by atoms with Gasteiger partial charge in [-0.15, -0.1) is 0 Å². The van der Waals surface area contributed by atoms with Gasteiger partial charge in [-0.1, -0.05) is 24.4 Å². The third kappa shape index (κ3) is 2.12. The van der Waals surface area contributed by atoms with Crippen LogP contribution in [-0.2, 0) is 6.42 Å². The molecule has 14 heavy (non-hydrogen) atoms. The summed E-state index contributed by atoms with van der Waals surface area (Å²) >= 11 is 1.61. The molecule has 1 aliphatic heterocycles. The van der Waals surface area contributed by atoms with Gasteiger partial charge in [0.25, 0.3) is 0 Å². The zero-order valence-corrected chi connectivity index (χ0v) is 8.50. The van der Waals surface area contributed by atoms with Crippen LogP contribution in [0.4, 0.5) is 0 Å². The van der Waals surface area contributed by atoms with Gasteiger partial charge in [-0.3, -0.25) is 9.98 Å². The summed E-state index contributed by atoms with van der Waals surface area (Å²) in [6.45, 7) is 3.91. The lowest BCUT2D eigenvalue weighted by Gasteiger charge is -2.04. The Balaban J connectivity index is 2.39. The highest BCUT2D eigenvalue weighted by atomic mass is 32.2. The summed E-state index contributed by atoms with van der Waals surface area (Å²) < 4.78 is 0. The zero-order chi connectivity index (χ0) is 9.80. The van der Waals surface area contributed by atoms with Crippen molar-refractivity contribution in [3.8, 4) is 0 Å². The average molecular weight is 202 g/mol. The summed E-state index contributed by atoms with van der Waals surface area (Å²) in [5, 5.41) is 0. The van der Waals surface area contributed by atoms with Crippen LogP contribution in [0.25, 0.3) is 0 Å². The van der Waals surface area contributed by atoms with Crippen LogP contribution in [0, 0.1) is 0 Å². The first-order valence-electron chi connectivity index (χ1n) is 4.34. The van der Waals surface area contributed by atoms with E-state index in [4.69, 9.17) is 0 Å². The molecule has 0 amide bonds. The maximum Gasteiger partial charge on any atom is 0.0410 e. The minimum Gasteiger partial charge on any atom is -0.264 e. The molecule has 0 atom stereocenters. The minimum absolute atomic E-state index is 0.898. The molecule has 0 N–H and O–H groups in total. The number of hydrogen-bond donors (Lipinski definition) is 0. The Morgan fingerprint density at radius 1 is 1.43 bits per heavy atom. The monoisotopic (exact) mass is 202 g/mol. The molecule has 0 radical (unpaired) electrons. The molecule has 0 aliphatic carbocycles. The fourth-order valence-electron chi connectivity index (χ4n) is 1.20. The summed E-state index contributed by atoms with van der Waals surface area (Å²) in [7, 11) is 0. The maximum atomic E-state index is 4.11. The Morgan fingerprint density at radius 3 is 3.29 bits per heavy atom. The Kier molecular flexibility index (Phi) is 2.79. The number of rotatable bonds is 0. The van der Waals surface area contributed by atoms with E-state index < -0.39 is 0 Å². The average Bonchev–Trinajstić information content (AvgIpc) is 2.27. The molecule has 70 valence electrons. The molecule has 0 saturated carbocycles. The smallest absolute Gasteiger partial charge is 0.0410 e. The molecular weight excluding hydrogens is 192 g/mol. The van der Waals surface area contributed by atoms with Crippen LogP contribution in [0.15, 0.2) is 52.1 Å². The molecule has 0 aromatic carbocycles. The number of allylic oxidation sites excluding steroid dienone is 2. The van der Waals surface area contributed by atoms with Gasteiger partial charge in [0.1, 0.15) is 0 Å². The van der Waals surface area contributed by atoms with Crippen LogP contribution in [0.5, 0.6) is 0 Å². The van der Waals surface area contributed by atoms with Gasteiger partial charge in [0.05, 0.1) is 0 Å². The van der Waals surface area contributed by atoms with E-state index in [0.717, 1.165) is 16.2 Å². The molecule has 2 nitrogen and oxygen atoms in total. The predicted octanol–water partition coefficient (Wildman–Crippen LogP) is 2.83. The topological polar surface area (TPSA) is 25.2 Å². The van der Waals surface area contributed by atoms with Crippen molar-refractivity contribution in [2.75, 3.05) is 0 Å². The van der Waals surface area contributed by atoms with E-state index in [-0.39, 0.29) is 0 Å². The summed E-state index contributed by atoms with van der Waals surface area (Å²) in [4.78, 5) is 10.3.